The second-order valence-electron chi connectivity index (χ2n) is 4.71. The zero-order valence-corrected chi connectivity index (χ0v) is 12.3. The van der Waals surface area contributed by atoms with Gasteiger partial charge in [-0.3, -0.25) is 0 Å². The van der Waals surface area contributed by atoms with Crippen molar-refractivity contribution in [3.05, 3.63) is 78.9 Å². The standard InChI is InChI=1S/C18H13As/c1-2-8-14(9-3-1)19-17-12-6-4-10-15(17)16-11-5-7-13-18(16)19/h1-13H/q+1. The first-order valence-corrected chi connectivity index (χ1v) is 9.30. The third kappa shape index (κ3) is 1.68. The molecule has 0 bridgehead atoms. The zero-order chi connectivity index (χ0) is 12.7. The van der Waals surface area contributed by atoms with Gasteiger partial charge in [-0.15, -0.1) is 0 Å². The summed E-state index contributed by atoms with van der Waals surface area (Å²) >= 11 is -1.32. The van der Waals surface area contributed by atoms with Crippen molar-refractivity contribution in [1.29, 1.82) is 0 Å². The van der Waals surface area contributed by atoms with E-state index in [1.165, 1.54) is 15.5 Å². The van der Waals surface area contributed by atoms with E-state index in [1.54, 1.807) is 8.70 Å². The quantitative estimate of drug-likeness (QED) is 0.473. The van der Waals surface area contributed by atoms with Crippen molar-refractivity contribution < 1.29 is 0 Å². The Bertz CT molecular complexity index is 686. The van der Waals surface area contributed by atoms with E-state index in [1.807, 2.05) is 0 Å². The number of hydrogen-bond donors (Lipinski definition) is 0. The molecule has 0 amide bonds. The summed E-state index contributed by atoms with van der Waals surface area (Å²) in [6.45, 7) is 0. The van der Waals surface area contributed by atoms with Gasteiger partial charge in [0.2, 0.25) is 0 Å². The first-order valence-electron chi connectivity index (χ1n) is 6.49. The topological polar surface area (TPSA) is 0 Å². The summed E-state index contributed by atoms with van der Waals surface area (Å²) in [6, 6.07) is 28.8. The Morgan fingerprint density at radius 1 is 0.474 bits per heavy atom. The van der Waals surface area contributed by atoms with E-state index < -0.39 is 14.7 Å². The molecule has 3 aromatic carbocycles. The van der Waals surface area contributed by atoms with Gasteiger partial charge in [-0.2, -0.15) is 0 Å². The molecular weight excluding hydrogens is 291 g/mol. The van der Waals surface area contributed by atoms with Crippen molar-refractivity contribution >= 4 is 27.7 Å². The van der Waals surface area contributed by atoms with Crippen molar-refractivity contribution in [2.75, 3.05) is 0 Å². The fraction of sp³-hybridized carbons (Fsp3) is 0. The van der Waals surface area contributed by atoms with Crippen molar-refractivity contribution in [1.82, 2.24) is 0 Å². The molecule has 89 valence electrons. The Morgan fingerprint density at radius 3 is 1.53 bits per heavy atom. The van der Waals surface area contributed by atoms with E-state index in [0.29, 0.717) is 0 Å². The maximum atomic E-state index is 2.32. The van der Waals surface area contributed by atoms with Gasteiger partial charge in [-0.05, 0) is 0 Å². The van der Waals surface area contributed by atoms with Crippen LogP contribution in [0.1, 0.15) is 0 Å². The number of benzene rings is 3. The van der Waals surface area contributed by atoms with Crippen LogP contribution in [0.4, 0.5) is 0 Å². The summed E-state index contributed by atoms with van der Waals surface area (Å²) in [4.78, 5) is 0. The molecule has 0 saturated carbocycles. The molecule has 19 heavy (non-hydrogen) atoms. The summed E-state index contributed by atoms with van der Waals surface area (Å²) in [5.74, 6) is 0. The normalized spacial score (nSPS) is 13.1. The van der Waals surface area contributed by atoms with Gasteiger partial charge >= 0.3 is 118 Å². The minimum absolute atomic E-state index is 1.32. The average molecular weight is 304 g/mol. The molecule has 0 unspecified atom stereocenters. The van der Waals surface area contributed by atoms with Gasteiger partial charge in [0, 0.05) is 0 Å². The molecule has 0 saturated heterocycles. The summed E-state index contributed by atoms with van der Waals surface area (Å²) in [5.41, 5.74) is 2.89. The van der Waals surface area contributed by atoms with Crippen LogP contribution in [-0.2, 0) is 0 Å². The van der Waals surface area contributed by atoms with E-state index in [9.17, 15) is 0 Å². The van der Waals surface area contributed by atoms with Gasteiger partial charge in [0.05, 0.1) is 0 Å². The van der Waals surface area contributed by atoms with Gasteiger partial charge in [-0.1, -0.05) is 0 Å². The minimum atomic E-state index is -1.32. The van der Waals surface area contributed by atoms with Crippen LogP contribution in [0.2, 0.25) is 0 Å². The van der Waals surface area contributed by atoms with Gasteiger partial charge in [-0.25, -0.2) is 0 Å². The van der Waals surface area contributed by atoms with Crippen molar-refractivity contribution in [2.24, 2.45) is 0 Å². The number of fused-ring (bicyclic) bond motifs is 3. The van der Waals surface area contributed by atoms with E-state index in [-0.39, 0.29) is 0 Å². The Balaban J connectivity index is 2.02. The molecule has 1 aliphatic heterocycles. The van der Waals surface area contributed by atoms with Crippen LogP contribution in [-0.4, -0.2) is 14.7 Å². The SMILES string of the molecule is c1ccc([As+]2c3ccccc3-c3ccccc32)cc1. The summed E-state index contributed by atoms with van der Waals surface area (Å²) in [5, 5.41) is 0. The summed E-state index contributed by atoms with van der Waals surface area (Å²) < 4.78 is 4.66. The molecular formula is C18H13As+. The second kappa shape index (κ2) is 4.40. The van der Waals surface area contributed by atoms with Crippen LogP contribution in [0.25, 0.3) is 11.1 Å². The molecule has 1 heterocycles. The van der Waals surface area contributed by atoms with Crippen LogP contribution in [0.15, 0.2) is 78.9 Å². The molecule has 0 aromatic heterocycles. The van der Waals surface area contributed by atoms with Crippen LogP contribution in [0.3, 0.4) is 0 Å². The molecule has 1 heteroatoms. The first kappa shape index (κ1) is 11.1. The van der Waals surface area contributed by atoms with Crippen molar-refractivity contribution in [2.45, 2.75) is 0 Å². The monoisotopic (exact) mass is 304 g/mol. The van der Waals surface area contributed by atoms with Crippen LogP contribution in [0.5, 0.6) is 0 Å². The molecule has 0 spiro atoms. The van der Waals surface area contributed by atoms with Crippen LogP contribution in [0, 0.1) is 0 Å². The molecule has 0 N–H and O–H groups in total. The fourth-order valence-electron chi connectivity index (χ4n) is 2.78. The van der Waals surface area contributed by atoms with E-state index >= 15 is 0 Å². The molecule has 0 nitrogen and oxygen atoms in total. The summed E-state index contributed by atoms with van der Waals surface area (Å²) in [7, 11) is 0. The van der Waals surface area contributed by atoms with Gasteiger partial charge < -0.3 is 0 Å². The second-order valence-corrected chi connectivity index (χ2v) is 9.22. The van der Waals surface area contributed by atoms with Crippen LogP contribution < -0.4 is 13.1 Å². The van der Waals surface area contributed by atoms with E-state index in [0.717, 1.165) is 0 Å². The Kier molecular flexibility index (Phi) is 2.57. The molecule has 1 radical (unpaired) electrons. The predicted molar refractivity (Wildman–Crippen MR) is 83.0 cm³/mol. The number of hydrogen-bond acceptors (Lipinski definition) is 0. The molecule has 3 aromatic rings. The first-order chi connectivity index (χ1) is 9.45. The van der Waals surface area contributed by atoms with Crippen molar-refractivity contribution in [3.63, 3.8) is 0 Å². The third-order valence-electron chi connectivity index (χ3n) is 3.59. The zero-order valence-electron chi connectivity index (χ0n) is 10.5. The Hall–Kier alpha value is -1.78. The van der Waals surface area contributed by atoms with Gasteiger partial charge in [0.15, 0.2) is 0 Å². The van der Waals surface area contributed by atoms with Crippen LogP contribution >= 0.6 is 0 Å². The van der Waals surface area contributed by atoms with E-state index in [4.69, 9.17) is 0 Å². The predicted octanol–water partition coefficient (Wildman–Crippen LogP) is 2.18. The maximum absolute atomic E-state index is 2.32. The molecule has 1 aliphatic rings. The molecule has 0 aliphatic carbocycles. The molecule has 0 atom stereocenters. The number of rotatable bonds is 1. The third-order valence-corrected chi connectivity index (χ3v) is 8.96. The van der Waals surface area contributed by atoms with E-state index in [2.05, 4.69) is 78.9 Å². The average Bonchev–Trinajstić information content (AvgIpc) is 2.83. The Morgan fingerprint density at radius 2 is 0.947 bits per heavy atom. The molecule has 4 rings (SSSR count). The van der Waals surface area contributed by atoms with Crippen molar-refractivity contribution in [3.8, 4) is 11.1 Å². The fourth-order valence-corrected chi connectivity index (χ4v) is 8.29. The Labute approximate surface area is 118 Å². The summed E-state index contributed by atoms with van der Waals surface area (Å²) in [6.07, 6.45) is 0. The molecule has 0 fully saturated rings. The van der Waals surface area contributed by atoms with Gasteiger partial charge in [0.1, 0.15) is 0 Å². The van der Waals surface area contributed by atoms with Gasteiger partial charge in [0.25, 0.3) is 0 Å².